The molecule has 0 amide bonds. The second-order valence-electron chi connectivity index (χ2n) is 11.8. The highest BCUT2D eigenvalue weighted by Gasteiger charge is 2.17. The van der Waals surface area contributed by atoms with Crippen LogP contribution in [-0.2, 0) is 0 Å². The molecule has 2 heterocycles. The van der Waals surface area contributed by atoms with E-state index in [2.05, 4.69) is 156 Å². The zero-order valence-corrected chi connectivity index (χ0v) is 24.6. The van der Waals surface area contributed by atoms with Crippen molar-refractivity contribution in [2.75, 3.05) is 0 Å². The summed E-state index contributed by atoms with van der Waals surface area (Å²) in [4.78, 5) is 0. The molecular formula is C42H25NS. The molecule has 2 heteroatoms. The van der Waals surface area contributed by atoms with E-state index in [4.69, 9.17) is 0 Å². The lowest BCUT2D eigenvalue weighted by Gasteiger charge is -2.11. The predicted molar refractivity (Wildman–Crippen MR) is 192 cm³/mol. The Kier molecular flexibility index (Phi) is 4.94. The van der Waals surface area contributed by atoms with Gasteiger partial charge in [-0.3, -0.25) is 0 Å². The molecule has 10 aromatic rings. The average Bonchev–Trinajstić information content (AvgIpc) is 3.61. The maximum absolute atomic E-state index is 2.45. The molecule has 2 aromatic heterocycles. The van der Waals surface area contributed by atoms with Crippen molar-refractivity contribution in [3.05, 3.63) is 152 Å². The van der Waals surface area contributed by atoms with Gasteiger partial charge in [0.05, 0.1) is 11.0 Å². The number of aromatic nitrogens is 1. The molecule has 204 valence electrons. The first-order valence-corrected chi connectivity index (χ1v) is 15.9. The number of thiophene rings is 1. The Morgan fingerprint density at radius 1 is 0.364 bits per heavy atom. The largest absolute Gasteiger partial charge is 0.309 e. The van der Waals surface area contributed by atoms with Crippen LogP contribution in [0.5, 0.6) is 0 Å². The Morgan fingerprint density at radius 2 is 1.00 bits per heavy atom. The van der Waals surface area contributed by atoms with Crippen molar-refractivity contribution in [2.45, 2.75) is 0 Å². The Balaban J connectivity index is 1.17. The second kappa shape index (κ2) is 9.03. The monoisotopic (exact) mass is 575 g/mol. The van der Waals surface area contributed by atoms with Crippen molar-refractivity contribution in [3.8, 4) is 16.8 Å². The average molecular weight is 576 g/mol. The fourth-order valence-corrected chi connectivity index (χ4v) is 8.34. The van der Waals surface area contributed by atoms with Crippen molar-refractivity contribution in [3.63, 3.8) is 0 Å². The molecule has 0 saturated heterocycles. The molecule has 0 aliphatic heterocycles. The summed E-state index contributed by atoms with van der Waals surface area (Å²) in [6, 6.07) is 56.0. The van der Waals surface area contributed by atoms with E-state index in [0.717, 1.165) is 0 Å². The SMILES string of the molecule is c1ccc2cc(-c3ccc4cc(-n5c6ccccc6c6cc7c(cc65)sc5ccc6ccccc6c57)ccc4c3)ccc2c1. The minimum absolute atomic E-state index is 1.19. The Labute approximate surface area is 257 Å². The first-order chi connectivity index (χ1) is 21.8. The van der Waals surface area contributed by atoms with Crippen LogP contribution in [0.1, 0.15) is 0 Å². The summed E-state index contributed by atoms with van der Waals surface area (Å²) in [7, 11) is 0. The number of rotatable bonds is 2. The van der Waals surface area contributed by atoms with E-state index < -0.39 is 0 Å². The van der Waals surface area contributed by atoms with Gasteiger partial charge in [0.1, 0.15) is 0 Å². The van der Waals surface area contributed by atoms with Crippen LogP contribution in [0.15, 0.2) is 152 Å². The lowest BCUT2D eigenvalue weighted by Crippen LogP contribution is -1.93. The highest BCUT2D eigenvalue weighted by atomic mass is 32.1. The standard InChI is InChI=1S/C42H25NS/c1-2-9-28-21-29(14-13-26(28)7-1)30-15-16-32-23-33(19-17-31(32)22-30)43-38-12-6-5-11-35(38)36-24-37-41(25-39(36)43)44-40-20-18-27-8-3-4-10-34(27)42(37)40/h1-25H. The van der Waals surface area contributed by atoms with Crippen LogP contribution in [0.4, 0.5) is 0 Å². The second-order valence-corrected chi connectivity index (χ2v) is 12.9. The van der Waals surface area contributed by atoms with Gasteiger partial charge in [0, 0.05) is 36.6 Å². The quantitative estimate of drug-likeness (QED) is 0.193. The Bertz CT molecular complexity index is 2780. The Hall–Kier alpha value is -5.44. The molecule has 0 atom stereocenters. The topological polar surface area (TPSA) is 4.93 Å². The van der Waals surface area contributed by atoms with Crippen LogP contribution in [-0.4, -0.2) is 4.57 Å². The van der Waals surface area contributed by atoms with Crippen LogP contribution in [0.2, 0.25) is 0 Å². The fourth-order valence-electron chi connectivity index (χ4n) is 7.21. The highest BCUT2D eigenvalue weighted by molar-refractivity contribution is 7.26. The summed E-state index contributed by atoms with van der Waals surface area (Å²) in [6.45, 7) is 0. The molecule has 0 saturated carbocycles. The van der Waals surface area contributed by atoms with Gasteiger partial charge in [0.2, 0.25) is 0 Å². The third-order valence-corrected chi connectivity index (χ3v) is 10.4. The molecule has 0 fully saturated rings. The van der Waals surface area contributed by atoms with Crippen LogP contribution in [0, 0.1) is 0 Å². The molecule has 1 nitrogen and oxygen atoms in total. The van der Waals surface area contributed by atoms with Crippen molar-refractivity contribution >= 4 is 85.6 Å². The van der Waals surface area contributed by atoms with Crippen LogP contribution in [0.25, 0.3) is 91.1 Å². The molecule has 10 rings (SSSR count). The van der Waals surface area contributed by atoms with Gasteiger partial charge < -0.3 is 4.57 Å². The fraction of sp³-hybridized carbons (Fsp3) is 0. The van der Waals surface area contributed by atoms with Gasteiger partial charge in [0.15, 0.2) is 0 Å². The van der Waals surface area contributed by atoms with E-state index in [0.29, 0.717) is 0 Å². The smallest absolute Gasteiger partial charge is 0.0555 e. The molecule has 0 bridgehead atoms. The number of para-hydroxylation sites is 1. The van der Waals surface area contributed by atoms with E-state index in [-0.39, 0.29) is 0 Å². The van der Waals surface area contributed by atoms with Crippen molar-refractivity contribution in [1.29, 1.82) is 0 Å². The van der Waals surface area contributed by atoms with Crippen molar-refractivity contribution < 1.29 is 0 Å². The summed E-state index contributed by atoms with van der Waals surface area (Å²) in [6.07, 6.45) is 0. The molecule has 0 aliphatic carbocycles. The summed E-state index contributed by atoms with van der Waals surface area (Å²) in [5.41, 5.74) is 6.17. The molecule has 0 aliphatic rings. The lowest BCUT2D eigenvalue weighted by molar-refractivity contribution is 1.19. The van der Waals surface area contributed by atoms with Gasteiger partial charge in [-0.1, -0.05) is 103 Å². The van der Waals surface area contributed by atoms with Crippen LogP contribution >= 0.6 is 11.3 Å². The van der Waals surface area contributed by atoms with E-state index in [9.17, 15) is 0 Å². The molecule has 0 spiro atoms. The van der Waals surface area contributed by atoms with E-state index in [1.54, 1.807) is 0 Å². The Morgan fingerprint density at radius 3 is 1.86 bits per heavy atom. The van der Waals surface area contributed by atoms with Gasteiger partial charge in [-0.15, -0.1) is 11.3 Å². The van der Waals surface area contributed by atoms with Crippen LogP contribution < -0.4 is 0 Å². The summed E-state index contributed by atoms with van der Waals surface area (Å²) >= 11 is 1.89. The number of hydrogen-bond acceptors (Lipinski definition) is 1. The molecule has 8 aromatic carbocycles. The van der Waals surface area contributed by atoms with Gasteiger partial charge >= 0.3 is 0 Å². The summed E-state index contributed by atoms with van der Waals surface area (Å²) in [5, 5.41) is 13.0. The molecule has 0 radical (unpaired) electrons. The third-order valence-electron chi connectivity index (χ3n) is 9.32. The maximum atomic E-state index is 2.45. The molecule has 0 N–H and O–H groups in total. The first-order valence-electron chi connectivity index (χ1n) is 15.1. The zero-order valence-electron chi connectivity index (χ0n) is 23.8. The van der Waals surface area contributed by atoms with E-state index in [1.807, 2.05) is 11.3 Å². The minimum atomic E-state index is 1.19. The number of benzene rings is 8. The summed E-state index contributed by atoms with van der Waals surface area (Å²) < 4.78 is 5.12. The van der Waals surface area contributed by atoms with Gasteiger partial charge in [0.25, 0.3) is 0 Å². The minimum Gasteiger partial charge on any atom is -0.309 e. The van der Waals surface area contributed by atoms with E-state index in [1.165, 1.54) is 91.1 Å². The predicted octanol–water partition coefficient (Wildman–Crippen LogP) is 12.3. The van der Waals surface area contributed by atoms with Gasteiger partial charge in [-0.25, -0.2) is 0 Å². The number of nitrogens with zero attached hydrogens (tertiary/aromatic N) is 1. The first kappa shape index (κ1) is 24.0. The van der Waals surface area contributed by atoms with Crippen molar-refractivity contribution in [2.24, 2.45) is 0 Å². The maximum Gasteiger partial charge on any atom is 0.0555 e. The zero-order chi connectivity index (χ0) is 28.8. The van der Waals surface area contributed by atoms with Gasteiger partial charge in [-0.05, 0) is 92.0 Å². The third kappa shape index (κ3) is 3.46. The van der Waals surface area contributed by atoms with Crippen LogP contribution in [0.3, 0.4) is 0 Å². The van der Waals surface area contributed by atoms with E-state index >= 15 is 0 Å². The molecular weight excluding hydrogens is 551 g/mol. The lowest BCUT2D eigenvalue weighted by atomic mass is 9.98. The normalized spacial score (nSPS) is 12.1. The van der Waals surface area contributed by atoms with Crippen molar-refractivity contribution in [1.82, 2.24) is 4.57 Å². The highest BCUT2D eigenvalue weighted by Crippen LogP contribution is 2.43. The molecule has 44 heavy (non-hydrogen) atoms. The molecule has 0 unspecified atom stereocenters. The summed E-state index contributed by atoms with van der Waals surface area (Å²) in [5.74, 6) is 0. The number of hydrogen-bond donors (Lipinski definition) is 0. The number of fused-ring (bicyclic) bond motifs is 10. The van der Waals surface area contributed by atoms with Gasteiger partial charge in [-0.2, -0.15) is 0 Å².